The third-order valence-corrected chi connectivity index (χ3v) is 3.46. The Morgan fingerprint density at radius 2 is 2.22 bits per heavy atom. The maximum absolute atomic E-state index is 13.5. The molecule has 0 aliphatic heterocycles. The van der Waals surface area contributed by atoms with Gasteiger partial charge >= 0.3 is 0 Å². The number of nitrogens with one attached hydrogen (secondary N) is 1. The molecule has 0 fully saturated rings. The molecule has 1 amide bonds. The van der Waals surface area contributed by atoms with Crippen molar-refractivity contribution in [1.82, 2.24) is 0 Å². The molecular weight excluding hydrogens is 317 g/mol. The molecule has 0 aliphatic rings. The topological polar surface area (TPSA) is 29.1 Å². The Balaban J connectivity index is 2.03. The SMILES string of the molecule is O=C(C=Cc1cccs1)Nc1ccc(Br)cc1F. The van der Waals surface area contributed by atoms with Gasteiger partial charge in [0.2, 0.25) is 5.91 Å². The molecule has 0 atom stereocenters. The highest BCUT2D eigenvalue weighted by atomic mass is 79.9. The van der Waals surface area contributed by atoms with Crippen LogP contribution in [0.1, 0.15) is 4.88 Å². The van der Waals surface area contributed by atoms with E-state index in [9.17, 15) is 9.18 Å². The van der Waals surface area contributed by atoms with Gasteiger partial charge in [0, 0.05) is 15.4 Å². The van der Waals surface area contributed by atoms with E-state index >= 15 is 0 Å². The molecule has 0 spiro atoms. The third-order valence-electron chi connectivity index (χ3n) is 2.13. The van der Waals surface area contributed by atoms with Crippen LogP contribution in [0.5, 0.6) is 0 Å². The first-order valence-electron chi connectivity index (χ1n) is 5.13. The Morgan fingerprint density at radius 1 is 1.39 bits per heavy atom. The summed E-state index contributed by atoms with van der Waals surface area (Å²) in [5.74, 6) is -0.827. The molecule has 0 unspecified atom stereocenters. The maximum Gasteiger partial charge on any atom is 0.248 e. The lowest BCUT2D eigenvalue weighted by Gasteiger charge is -2.03. The van der Waals surface area contributed by atoms with E-state index in [1.54, 1.807) is 12.1 Å². The average molecular weight is 326 g/mol. The second-order valence-corrected chi connectivity index (χ2v) is 5.36. The smallest absolute Gasteiger partial charge is 0.248 e. The Bertz CT molecular complexity index is 581. The van der Waals surface area contributed by atoms with E-state index in [0.29, 0.717) is 4.47 Å². The molecule has 0 aliphatic carbocycles. The molecule has 5 heteroatoms. The number of halogens is 2. The monoisotopic (exact) mass is 325 g/mol. The molecular formula is C13H9BrFNOS. The minimum atomic E-state index is -0.470. The zero-order chi connectivity index (χ0) is 13.0. The van der Waals surface area contributed by atoms with Gasteiger partial charge in [0.05, 0.1) is 5.69 Å². The van der Waals surface area contributed by atoms with Crippen LogP contribution in [-0.4, -0.2) is 5.91 Å². The molecule has 0 bridgehead atoms. The largest absolute Gasteiger partial charge is 0.320 e. The standard InChI is InChI=1S/C13H9BrFNOS/c14-9-3-5-12(11(15)8-9)16-13(17)6-4-10-2-1-7-18-10/h1-8H,(H,16,17). The Morgan fingerprint density at radius 3 is 2.89 bits per heavy atom. The highest BCUT2D eigenvalue weighted by molar-refractivity contribution is 9.10. The first kappa shape index (κ1) is 13.0. The van der Waals surface area contributed by atoms with E-state index < -0.39 is 5.82 Å². The van der Waals surface area contributed by atoms with Gasteiger partial charge < -0.3 is 5.32 Å². The summed E-state index contributed by atoms with van der Waals surface area (Å²) in [6.07, 6.45) is 3.07. The second-order valence-electron chi connectivity index (χ2n) is 3.46. The molecule has 2 aromatic rings. The van der Waals surface area contributed by atoms with Crippen LogP contribution < -0.4 is 5.32 Å². The van der Waals surface area contributed by atoms with Crippen molar-refractivity contribution in [3.05, 3.63) is 57.0 Å². The van der Waals surface area contributed by atoms with Crippen LogP contribution in [0.15, 0.2) is 46.3 Å². The van der Waals surface area contributed by atoms with Crippen molar-refractivity contribution in [1.29, 1.82) is 0 Å². The molecule has 0 saturated carbocycles. The fraction of sp³-hybridized carbons (Fsp3) is 0. The van der Waals surface area contributed by atoms with Crippen molar-refractivity contribution in [2.75, 3.05) is 5.32 Å². The van der Waals surface area contributed by atoms with Crippen LogP contribution in [0, 0.1) is 5.82 Å². The third kappa shape index (κ3) is 3.51. The highest BCUT2D eigenvalue weighted by Crippen LogP contribution is 2.19. The minimum Gasteiger partial charge on any atom is -0.320 e. The fourth-order valence-corrected chi connectivity index (χ4v) is 2.26. The number of amides is 1. The first-order chi connectivity index (χ1) is 8.65. The van der Waals surface area contributed by atoms with Gasteiger partial charge in [0.1, 0.15) is 5.82 Å². The Hall–Kier alpha value is -1.46. The second kappa shape index (κ2) is 5.93. The summed E-state index contributed by atoms with van der Waals surface area (Å²) in [6, 6.07) is 8.28. The van der Waals surface area contributed by atoms with Gasteiger partial charge in [-0.05, 0) is 35.7 Å². The number of hydrogen-bond donors (Lipinski definition) is 1. The molecule has 1 heterocycles. The maximum atomic E-state index is 13.5. The van der Waals surface area contributed by atoms with Crippen LogP contribution in [0.4, 0.5) is 10.1 Å². The molecule has 1 aromatic heterocycles. The lowest BCUT2D eigenvalue weighted by molar-refractivity contribution is -0.111. The number of carbonyl (C=O) groups is 1. The predicted molar refractivity (Wildman–Crippen MR) is 76.1 cm³/mol. The van der Waals surface area contributed by atoms with Crippen molar-refractivity contribution in [3.63, 3.8) is 0 Å². The summed E-state index contributed by atoms with van der Waals surface area (Å²) in [7, 11) is 0. The van der Waals surface area contributed by atoms with Gasteiger partial charge in [-0.25, -0.2) is 4.39 Å². The Kier molecular flexibility index (Phi) is 4.28. The van der Waals surface area contributed by atoms with Crippen molar-refractivity contribution in [3.8, 4) is 0 Å². The van der Waals surface area contributed by atoms with E-state index in [1.807, 2.05) is 17.5 Å². The van der Waals surface area contributed by atoms with Gasteiger partial charge in [-0.3, -0.25) is 4.79 Å². The Labute approximate surface area is 116 Å². The van der Waals surface area contributed by atoms with Crippen molar-refractivity contribution in [2.24, 2.45) is 0 Å². The van der Waals surface area contributed by atoms with Gasteiger partial charge in [-0.1, -0.05) is 22.0 Å². The first-order valence-corrected chi connectivity index (χ1v) is 6.80. The lowest BCUT2D eigenvalue weighted by Crippen LogP contribution is -2.09. The van der Waals surface area contributed by atoms with Crippen LogP contribution >= 0.6 is 27.3 Å². The van der Waals surface area contributed by atoms with Crippen LogP contribution in [0.25, 0.3) is 6.08 Å². The van der Waals surface area contributed by atoms with Crippen molar-refractivity contribution in [2.45, 2.75) is 0 Å². The summed E-state index contributed by atoms with van der Waals surface area (Å²) in [4.78, 5) is 12.5. The number of anilines is 1. The number of carbonyl (C=O) groups excluding carboxylic acids is 1. The van der Waals surface area contributed by atoms with E-state index in [-0.39, 0.29) is 11.6 Å². The minimum absolute atomic E-state index is 0.166. The summed E-state index contributed by atoms with van der Waals surface area (Å²) < 4.78 is 14.1. The molecule has 1 aromatic carbocycles. The van der Waals surface area contributed by atoms with Crippen molar-refractivity contribution >= 4 is 44.9 Å². The van der Waals surface area contributed by atoms with Crippen molar-refractivity contribution < 1.29 is 9.18 Å². The van der Waals surface area contributed by atoms with E-state index in [1.165, 1.54) is 29.5 Å². The summed E-state index contributed by atoms with van der Waals surface area (Å²) in [6.45, 7) is 0. The molecule has 2 rings (SSSR count). The molecule has 18 heavy (non-hydrogen) atoms. The lowest BCUT2D eigenvalue weighted by atomic mass is 10.3. The quantitative estimate of drug-likeness (QED) is 0.837. The molecule has 0 saturated heterocycles. The molecule has 2 nitrogen and oxygen atoms in total. The summed E-state index contributed by atoms with van der Waals surface area (Å²) >= 11 is 4.68. The van der Waals surface area contributed by atoms with Gasteiger partial charge in [0.25, 0.3) is 0 Å². The highest BCUT2D eigenvalue weighted by Gasteiger charge is 2.04. The van der Waals surface area contributed by atoms with Crippen LogP contribution in [0.2, 0.25) is 0 Å². The molecule has 1 N–H and O–H groups in total. The predicted octanol–water partition coefficient (Wildman–Crippen LogP) is 4.30. The zero-order valence-electron chi connectivity index (χ0n) is 9.19. The normalized spacial score (nSPS) is 10.8. The molecule has 0 radical (unpaired) electrons. The number of hydrogen-bond acceptors (Lipinski definition) is 2. The number of benzene rings is 1. The van der Waals surface area contributed by atoms with E-state index in [4.69, 9.17) is 0 Å². The van der Waals surface area contributed by atoms with Crippen LogP contribution in [0.3, 0.4) is 0 Å². The number of rotatable bonds is 3. The number of thiophene rings is 1. The van der Waals surface area contributed by atoms with E-state index in [0.717, 1.165) is 4.88 Å². The van der Waals surface area contributed by atoms with E-state index in [2.05, 4.69) is 21.2 Å². The zero-order valence-corrected chi connectivity index (χ0v) is 11.6. The van der Waals surface area contributed by atoms with Gasteiger partial charge in [0.15, 0.2) is 0 Å². The van der Waals surface area contributed by atoms with Gasteiger partial charge in [-0.2, -0.15) is 0 Å². The summed E-state index contributed by atoms with van der Waals surface area (Å²) in [5.41, 5.74) is 0.166. The van der Waals surface area contributed by atoms with Crippen LogP contribution in [-0.2, 0) is 4.79 Å². The molecule has 92 valence electrons. The van der Waals surface area contributed by atoms with Gasteiger partial charge in [-0.15, -0.1) is 11.3 Å². The summed E-state index contributed by atoms with van der Waals surface area (Å²) in [5, 5.41) is 4.41. The fourth-order valence-electron chi connectivity index (χ4n) is 1.31. The average Bonchev–Trinajstić information content (AvgIpc) is 2.83.